The van der Waals surface area contributed by atoms with Gasteiger partial charge in [-0.05, 0) is 49.4 Å². The van der Waals surface area contributed by atoms with Crippen LogP contribution in [0.1, 0.15) is 5.56 Å². The van der Waals surface area contributed by atoms with Crippen molar-refractivity contribution in [2.75, 3.05) is 29.9 Å². The average Bonchev–Trinajstić information content (AvgIpc) is 2.82. The number of likely N-dealkylation sites (N-methyl/N-ethyl adjacent to an activating group) is 1. The van der Waals surface area contributed by atoms with E-state index in [9.17, 15) is 23.3 Å². The summed E-state index contributed by atoms with van der Waals surface area (Å²) in [5.41, 5.74) is 0.822. The van der Waals surface area contributed by atoms with Crippen molar-refractivity contribution >= 4 is 33.0 Å². The highest BCUT2D eigenvalue weighted by molar-refractivity contribution is 7.92. The van der Waals surface area contributed by atoms with E-state index in [0.717, 1.165) is 10.4 Å². The van der Waals surface area contributed by atoms with Crippen molar-refractivity contribution in [1.82, 2.24) is 0 Å². The molecule has 0 fully saturated rings. The third-order valence-electron chi connectivity index (χ3n) is 5.12. The van der Waals surface area contributed by atoms with Gasteiger partial charge in [0.2, 0.25) is 5.91 Å². The van der Waals surface area contributed by atoms with E-state index in [1.165, 1.54) is 43.2 Å². The number of hydrogen-bond acceptors (Lipinski definition) is 6. The van der Waals surface area contributed by atoms with E-state index in [4.69, 9.17) is 4.74 Å². The molecule has 0 radical (unpaired) electrons. The number of nitro groups is 1. The highest BCUT2D eigenvalue weighted by Crippen LogP contribution is 2.29. The van der Waals surface area contributed by atoms with Crippen molar-refractivity contribution in [2.24, 2.45) is 0 Å². The van der Waals surface area contributed by atoms with Gasteiger partial charge in [-0.15, -0.1) is 0 Å². The lowest BCUT2D eigenvalue weighted by Crippen LogP contribution is -2.41. The molecule has 0 atom stereocenters. The van der Waals surface area contributed by atoms with Crippen LogP contribution < -0.4 is 13.9 Å². The van der Waals surface area contributed by atoms with Gasteiger partial charge in [-0.25, -0.2) is 8.42 Å². The third kappa shape index (κ3) is 5.12. The van der Waals surface area contributed by atoms with Gasteiger partial charge in [0, 0.05) is 24.4 Å². The second kappa shape index (κ2) is 9.70. The number of para-hydroxylation sites is 1. The number of nitro benzene ring substituents is 1. The fourth-order valence-electron chi connectivity index (χ4n) is 3.16. The summed E-state index contributed by atoms with van der Waals surface area (Å²) < 4.78 is 33.2. The molecule has 172 valence electrons. The number of anilines is 2. The molecule has 1 amide bonds. The fourth-order valence-corrected chi connectivity index (χ4v) is 4.60. The van der Waals surface area contributed by atoms with Crippen LogP contribution in [0.5, 0.6) is 5.75 Å². The Morgan fingerprint density at radius 2 is 1.64 bits per heavy atom. The van der Waals surface area contributed by atoms with Crippen molar-refractivity contribution < 1.29 is 22.9 Å². The summed E-state index contributed by atoms with van der Waals surface area (Å²) in [6, 6.07) is 18.6. The van der Waals surface area contributed by atoms with E-state index in [-0.39, 0.29) is 16.3 Å². The van der Waals surface area contributed by atoms with E-state index in [2.05, 4.69) is 0 Å². The molecule has 0 aromatic heterocycles. The minimum absolute atomic E-state index is 0.217. The molecule has 0 aliphatic rings. The summed E-state index contributed by atoms with van der Waals surface area (Å²) in [6.07, 6.45) is 0. The number of amides is 1. The number of benzene rings is 3. The molecule has 9 nitrogen and oxygen atoms in total. The first-order valence-corrected chi connectivity index (χ1v) is 11.3. The molecular weight excluding hydrogens is 446 g/mol. The molecule has 3 aromatic rings. The summed E-state index contributed by atoms with van der Waals surface area (Å²) in [4.78, 5) is 24.8. The Hall–Kier alpha value is -3.92. The second-order valence-electron chi connectivity index (χ2n) is 7.20. The standard InChI is InChI=1S/C23H23N3O6S/c1-17-9-14-21(15-22(17)26(28)29)33(30,31)25(19-10-12-20(32-3)13-11-19)16-23(27)24(2)18-7-5-4-6-8-18/h4-15H,16H2,1-3H3. The summed E-state index contributed by atoms with van der Waals surface area (Å²) in [7, 11) is -1.29. The third-order valence-corrected chi connectivity index (χ3v) is 6.89. The molecule has 0 bridgehead atoms. The van der Waals surface area contributed by atoms with Crippen LogP contribution in [-0.2, 0) is 14.8 Å². The van der Waals surface area contributed by atoms with Crippen molar-refractivity contribution in [2.45, 2.75) is 11.8 Å². The smallest absolute Gasteiger partial charge is 0.273 e. The van der Waals surface area contributed by atoms with Crippen LogP contribution in [0.15, 0.2) is 77.7 Å². The first-order valence-electron chi connectivity index (χ1n) is 9.88. The van der Waals surface area contributed by atoms with Gasteiger partial charge in [-0.3, -0.25) is 19.2 Å². The average molecular weight is 470 g/mol. The van der Waals surface area contributed by atoms with Crippen LogP contribution in [-0.4, -0.2) is 40.0 Å². The van der Waals surface area contributed by atoms with Crippen LogP contribution in [0.4, 0.5) is 17.1 Å². The summed E-state index contributed by atoms with van der Waals surface area (Å²) in [6.45, 7) is 1.01. The van der Waals surface area contributed by atoms with Gasteiger partial charge in [0.05, 0.1) is 22.6 Å². The number of ether oxygens (including phenoxy) is 1. The van der Waals surface area contributed by atoms with Crippen molar-refractivity contribution in [3.05, 3.63) is 88.5 Å². The van der Waals surface area contributed by atoms with Crippen LogP contribution in [0, 0.1) is 17.0 Å². The number of carbonyl (C=O) groups is 1. The Bertz CT molecular complexity index is 1260. The normalized spacial score (nSPS) is 11.0. The molecule has 0 aliphatic carbocycles. The zero-order chi connectivity index (χ0) is 24.2. The highest BCUT2D eigenvalue weighted by atomic mass is 32.2. The van der Waals surface area contributed by atoms with Crippen LogP contribution in [0.2, 0.25) is 0 Å². The minimum Gasteiger partial charge on any atom is -0.497 e. The fraction of sp³-hybridized carbons (Fsp3) is 0.174. The Labute approximate surface area is 192 Å². The lowest BCUT2D eigenvalue weighted by atomic mass is 10.2. The Morgan fingerprint density at radius 3 is 2.21 bits per heavy atom. The number of aryl methyl sites for hydroxylation is 1. The Balaban J connectivity index is 2.05. The van der Waals surface area contributed by atoms with Crippen molar-refractivity contribution in [3.8, 4) is 5.75 Å². The first-order chi connectivity index (χ1) is 15.6. The largest absolute Gasteiger partial charge is 0.497 e. The molecule has 0 saturated heterocycles. The molecule has 0 spiro atoms. The lowest BCUT2D eigenvalue weighted by molar-refractivity contribution is -0.385. The molecule has 3 rings (SSSR count). The number of hydrogen-bond donors (Lipinski definition) is 0. The van der Waals surface area contributed by atoms with E-state index in [1.807, 2.05) is 0 Å². The second-order valence-corrected chi connectivity index (χ2v) is 9.07. The van der Waals surface area contributed by atoms with Gasteiger partial charge < -0.3 is 9.64 Å². The maximum absolute atomic E-state index is 13.6. The maximum atomic E-state index is 13.6. The number of methoxy groups -OCH3 is 1. The first kappa shape index (κ1) is 23.7. The van der Waals surface area contributed by atoms with Gasteiger partial charge in [0.25, 0.3) is 15.7 Å². The molecule has 10 heteroatoms. The number of carbonyl (C=O) groups excluding carboxylic acids is 1. The van der Waals surface area contributed by atoms with Gasteiger partial charge in [-0.2, -0.15) is 0 Å². The predicted octanol–water partition coefficient (Wildman–Crippen LogP) is 3.77. The maximum Gasteiger partial charge on any atom is 0.273 e. The van der Waals surface area contributed by atoms with Crippen LogP contribution in [0.25, 0.3) is 0 Å². The number of sulfonamides is 1. The van der Waals surface area contributed by atoms with E-state index in [1.54, 1.807) is 49.5 Å². The summed E-state index contributed by atoms with van der Waals surface area (Å²) in [5.74, 6) is 0.0250. The SMILES string of the molecule is COc1ccc(N(CC(=O)N(C)c2ccccc2)S(=O)(=O)c2ccc(C)c([N+](=O)[O-])c2)cc1. The molecule has 33 heavy (non-hydrogen) atoms. The van der Waals surface area contributed by atoms with E-state index < -0.39 is 27.4 Å². The summed E-state index contributed by atoms with van der Waals surface area (Å²) in [5, 5.41) is 11.4. The van der Waals surface area contributed by atoms with E-state index in [0.29, 0.717) is 17.0 Å². The van der Waals surface area contributed by atoms with Gasteiger partial charge >= 0.3 is 0 Å². The Kier molecular flexibility index (Phi) is 6.98. The number of nitrogens with zero attached hydrogens (tertiary/aromatic N) is 3. The van der Waals surface area contributed by atoms with E-state index >= 15 is 0 Å². The molecular formula is C23H23N3O6S. The highest BCUT2D eigenvalue weighted by Gasteiger charge is 2.30. The predicted molar refractivity (Wildman–Crippen MR) is 125 cm³/mol. The van der Waals surface area contributed by atoms with Gasteiger partial charge in [0.15, 0.2) is 0 Å². The van der Waals surface area contributed by atoms with Crippen molar-refractivity contribution in [3.63, 3.8) is 0 Å². The van der Waals surface area contributed by atoms with Crippen LogP contribution >= 0.6 is 0 Å². The lowest BCUT2D eigenvalue weighted by Gasteiger charge is -2.27. The monoisotopic (exact) mass is 469 g/mol. The van der Waals surface area contributed by atoms with Gasteiger partial charge in [0.1, 0.15) is 12.3 Å². The Morgan fingerprint density at radius 1 is 1.00 bits per heavy atom. The number of rotatable bonds is 8. The molecule has 0 unspecified atom stereocenters. The van der Waals surface area contributed by atoms with Gasteiger partial charge in [-0.1, -0.05) is 24.3 Å². The van der Waals surface area contributed by atoms with Crippen molar-refractivity contribution in [1.29, 1.82) is 0 Å². The zero-order valence-corrected chi connectivity index (χ0v) is 19.2. The topological polar surface area (TPSA) is 110 Å². The quantitative estimate of drug-likeness (QED) is 0.367. The molecule has 0 aliphatic heterocycles. The van der Waals surface area contributed by atoms with Crippen LogP contribution in [0.3, 0.4) is 0 Å². The minimum atomic E-state index is -4.32. The molecule has 0 heterocycles. The molecule has 3 aromatic carbocycles. The summed E-state index contributed by atoms with van der Waals surface area (Å²) >= 11 is 0. The molecule has 0 saturated carbocycles. The zero-order valence-electron chi connectivity index (χ0n) is 18.3. The molecule has 0 N–H and O–H groups in total.